The number of carbonyl (C=O) groups excluding carboxylic acids is 6. The normalized spacial score (nSPS) is 13.7. The van der Waals surface area contributed by atoms with Gasteiger partial charge in [0, 0.05) is 49.3 Å². The highest BCUT2D eigenvalue weighted by Crippen LogP contribution is 2.20. The van der Waals surface area contributed by atoms with Crippen molar-refractivity contribution >= 4 is 52.5 Å². The van der Waals surface area contributed by atoms with Crippen LogP contribution in [0.1, 0.15) is 71.1 Å². The van der Waals surface area contributed by atoms with Gasteiger partial charge in [0.15, 0.2) is 0 Å². The number of aromatic nitrogens is 1. The third-order valence-electron chi connectivity index (χ3n) is 9.77. The van der Waals surface area contributed by atoms with Crippen molar-refractivity contribution in [1.29, 1.82) is 0 Å². The summed E-state index contributed by atoms with van der Waals surface area (Å²) < 4.78 is 5.38. The summed E-state index contributed by atoms with van der Waals surface area (Å²) in [7, 11) is 0. The Hall–Kier alpha value is -6.91. The Labute approximate surface area is 366 Å². The summed E-state index contributed by atoms with van der Waals surface area (Å²) in [5.74, 6) is -4.59. The number of H-pyrrole nitrogens is 1. The maximum atomic E-state index is 13.9. The molecule has 1 heterocycles. The molecule has 338 valence electrons. The summed E-state index contributed by atoms with van der Waals surface area (Å²) in [4.78, 5) is 95.5. The maximum Gasteiger partial charge on any atom is 0.408 e. The fraction of sp³-hybridized carbons (Fsp3) is 0.413. The molecule has 1 aromatic heterocycles. The lowest BCUT2D eigenvalue weighted by atomic mass is 10.0. The van der Waals surface area contributed by atoms with Gasteiger partial charge in [0.05, 0.1) is 0 Å². The Kier molecular flexibility index (Phi) is 17.6. The Balaban J connectivity index is 1.40. The number of rotatable bonds is 21. The number of aromatic hydroxyl groups is 1. The average Bonchev–Trinajstić information content (AvgIpc) is 3.62. The minimum absolute atomic E-state index is 0.00263. The number of hydrogen-bond acceptors (Lipinski definition) is 9. The van der Waals surface area contributed by atoms with Crippen LogP contribution in [0, 0.1) is 5.92 Å². The van der Waals surface area contributed by atoms with Crippen LogP contribution in [0.15, 0.2) is 85.1 Å². The maximum absolute atomic E-state index is 13.9. The first kappa shape index (κ1) is 48.8. The van der Waals surface area contributed by atoms with Gasteiger partial charge in [-0.25, -0.2) is 9.59 Å². The van der Waals surface area contributed by atoms with Crippen LogP contribution in [0.5, 0.6) is 5.75 Å². The molecular formula is C46H59N7O10. The third-order valence-corrected chi connectivity index (χ3v) is 9.77. The molecule has 0 aliphatic heterocycles. The second kappa shape index (κ2) is 22.8. The van der Waals surface area contributed by atoms with E-state index in [2.05, 4.69) is 36.9 Å². The minimum Gasteiger partial charge on any atom is -0.508 e. The molecule has 63 heavy (non-hydrogen) atoms. The molecule has 17 heteroatoms. The zero-order valence-corrected chi connectivity index (χ0v) is 36.5. The van der Waals surface area contributed by atoms with Gasteiger partial charge in [-0.15, -0.1) is 0 Å². The van der Waals surface area contributed by atoms with Gasteiger partial charge in [-0.1, -0.05) is 74.5 Å². The lowest BCUT2D eigenvalue weighted by Gasteiger charge is -2.26. The van der Waals surface area contributed by atoms with Crippen LogP contribution in [0.2, 0.25) is 0 Å². The van der Waals surface area contributed by atoms with Gasteiger partial charge in [-0.05, 0) is 74.9 Å². The molecule has 0 bridgehead atoms. The first-order valence-electron chi connectivity index (χ1n) is 20.8. The molecule has 4 rings (SSSR count). The van der Waals surface area contributed by atoms with Crippen LogP contribution in [0.25, 0.3) is 10.9 Å². The molecule has 3 aromatic carbocycles. The Bertz CT molecular complexity index is 2200. The fourth-order valence-electron chi connectivity index (χ4n) is 6.65. The van der Waals surface area contributed by atoms with E-state index in [0.717, 1.165) is 16.5 Å². The van der Waals surface area contributed by atoms with Crippen molar-refractivity contribution in [2.24, 2.45) is 5.92 Å². The van der Waals surface area contributed by atoms with Crippen LogP contribution in [0.3, 0.4) is 0 Å². The summed E-state index contributed by atoms with van der Waals surface area (Å²) in [6.45, 7) is 10.1. The molecule has 17 nitrogen and oxygen atoms in total. The Morgan fingerprint density at radius 3 is 1.87 bits per heavy atom. The van der Waals surface area contributed by atoms with Gasteiger partial charge in [-0.2, -0.15) is 0 Å². The highest BCUT2D eigenvalue weighted by Gasteiger charge is 2.32. The van der Waals surface area contributed by atoms with E-state index >= 15 is 0 Å². The van der Waals surface area contributed by atoms with Crippen molar-refractivity contribution in [3.63, 3.8) is 0 Å². The number of phenols is 1. The Morgan fingerprint density at radius 1 is 0.651 bits per heavy atom. The van der Waals surface area contributed by atoms with E-state index < -0.39 is 77.4 Å². The van der Waals surface area contributed by atoms with Crippen molar-refractivity contribution in [3.05, 3.63) is 102 Å². The highest BCUT2D eigenvalue weighted by molar-refractivity contribution is 5.95. The number of nitrogens with one attached hydrogen (secondary N) is 7. The predicted octanol–water partition coefficient (Wildman–Crippen LogP) is 3.39. The minimum atomic E-state index is -1.29. The standard InChI is InChI=1S/C46H59N7O10/c1-27(2)22-35(53-45(62)63-46(4,5)6)42(58)51-37(25-31-26-48-34-15-11-10-14-33(31)34)41(57)49-28(3)40(56)47-21-20-39(55)50-36(23-30-16-18-32(54)19-17-30)43(59)52-38(44(60)61)24-29-12-8-7-9-13-29/h7-19,26-28,35-38,48,54H,20-25H2,1-6H3,(H,47,56)(H,49,57)(H,50,55)(H,51,58)(H,52,59)(H,53,62)(H,60,61)/t28-,35-,36-,37-,38-/m0/s1. The zero-order chi connectivity index (χ0) is 46.3. The van der Waals surface area contributed by atoms with Crippen molar-refractivity contribution in [2.45, 2.75) is 109 Å². The molecule has 0 aliphatic rings. The molecular weight excluding hydrogens is 811 g/mol. The van der Waals surface area contributed by atoms with E-state index in [0.29, 0.717) is 11.1 Å². The third kappa shape index (κ3) is 16.1. The number of carbonyl (C=O) groups is 7. The number of benzene rings is 3. The summed E-state index contributed by atoms with van der Waals surface area (Å²) in [5, 5.41) is 36.2. The lowest BCUT2D eigenvalue weighted by molar-refractivity contribution is -0.142. The lowest BCUT2D eigenvalue weighted by Crippen LogP contribution is -2.57. The molecule has 0 saturated heterocycles. The summed E-state index contributed by atoms with van der Waals surface area (Å²) >= 11 is 0. The molecule has 0 radical (unpaired) electrons. The van der Waals surface area contributed by atoms with Crippen molar-refractivity contribution in [2.75, 3.05) is 6.54 Å². The number of carboxylic acids is 1. The first-order valence-corrected chi connectivity index (χ1v) is 20.8. The molecule has 0 saturated carbocycles. The molecule has 0 aliphatic carbocycles. The number of aromatic amines is 1. The summed E-state index contributed by atoms with van der Waals surface area (Å²) in [6, 6.07) is 16.3. The molecule has 6 amide bonds. The number of hydrogen-bond donors (Lipinski definition) is 9. The van der Waals surface area contributed by atoms with Crippen LogP contribution >= 0.6 is 0 Å². The van der Waals surface area contributed by atoms with Gasteiger partial charge in [0.25, 0.3) is 0 Å². The second-order valence-corrected chi connectivity index (χ2v) is 16.8. The topological polar surface area (TPSA) is 257 Å². The van der Waals surface area contributed by atoms with Gasteiger partial charge in [-0.3, -0.25) is 24.0 Å². The van der Waals surface area contributed by atoms with Crippen molar-refractivity contribution < 1.29 is 48.5 Å². The number of phenolic OH excluding ortho intramolecular Hbond substituents is 1. The van der Waals surface area contributed by atoms with Crippen LogP contribution in [-0.4, -0.2) is 99.2 Å². The smallest absolute Gasteiger partial charge is 0.408 e. The van der Waals surface area contributed by atoms with Gasteiger partial charge >= 0.3 is 12.1 Å². The number of para-hydroxylation sites is 1. The van der Waals surface area contributed by atoms with Gasteiger partial charge in [0.2, 0.25) is 29.5 Å². The second-order valence-electron chi connectivity index (χ2n) is 16.8. The molecule has 0 fully saturated rings. The predicted molar refractivity (Wildman–Crippen MR) is 235 cm³/mol. The van der Waals surface area contributed by atoms with Crippen LogP contribution in [-0.2, 0) is 52.8 Å². The van der Waals surface area contributed by atoms with E-state index in [1.807, 2.05) is 38.1 Å². The van der Waals surface area contributed by atoms with Crippen molar-refractivity contribution in [3.8, 4) is 5.75 Å². The monoisotopic (exact) mass is 869 g/mol. The molecule has 9 N–H and O–H groups in total. The molecule has 0 spiro atoms. The van der Waals surface area contributed by atoms with E-state index in [4.69, 9.17) is 4.74 Å². The fourth-order valence-corrected chi connectivity index (χ4v) is 6.65. The van der Waals surface area contributed by atoms with E-state index in [1.165, 1.54) is 19.1 Å². The van der Waals surface area contributed by atoms with Gasteiger partial charge in [0.1, 0.15) is 41.6 Å². The number of ether oxygens (including phenoxy) is 1. The average molecular weight is 870 g/mol. The van der Waals surface area contributed by atoms with Crippen LogP contribution < -0.4 is 31.9 Å². The van der Waals surface area contributed by atoms with Gasteiger partial charge < -0.3 is 51.8 Å². The first-order chi connectivity index (χ1) is 29.8. The summed E-state index contributed by atoms with van der Waals surface area (Å²) in [5.41, 5.74) is 1.99. The number of amides is 6. The Morgan fingerprint density at radius 2 is 1.22 bits per heavy atom. The van der Waals surface area contributed by atoms with E-state index in [1.54, 1.807) is 69.4 Å². The number of fused-ring (bicyclic) bond motifs is 1. The van der Waals surface area contributed by atoms with E-state index in [-0.39, 0.29) is 50.3 Å². The quantitative estimate of drug-likeness (QED) is 0.0590. The van der Waals surface area contributed by atoms with Crippen molar-refractivity contribution in [1.82, 2.24) is 36.9 Å². The van der Waals surface area contributed by atoms with Crippen LogP contribution in [0.4, 0.5) is 4.79 Å². The highest BCUT2D eigenvalue weighted by atomic mass is 16.6. The zero-order valence-electron chi connectivity index (χ0n) is 36.5. The number of alkyl carbamates (subject to hydrolysis) is 1. The summed E-state index contributed by atoms with van der Waals surface area (Å²) in [6.07, 6.45) is 0.921. The van der Waals surface area contributed by atoms with E-state index in [9.17, 15) is 43.8 Å². The number of carboxylic acid groups (broad SMARTS) is 1. The molecule has 5 atom stereocenters. The SMILES string of the molecule is CC(C)C[C@H](NC(=O)OC(C)(C)C)C(=O)N[C@@H](Cc1c[nH]c2ccccc12)C(=O)N[C@@H](C)C(=O)NCCC(=O)N[C@@H](Cc1ccc(O)cc1)C(=O)N[C@@H](Cc1ccccc1)C(=O)O. The molecule has 0 unspecified atom stereocenters. The molecule has 4 aromatic rings. The number of aliphatic carboxylic acids is 1. The largest absolute Gasteiger partial charge is 0.508 e.